The molecule has 36 heavy (non-hydrogen) atoms. The molecule has 7 nitrogen and oxygen atoms in total. The van der Waals surface area contributed by atoms with E-state index in [0.717, 1.165) is 19.3 Å². The molecule has 0 aliphatic carbocycles. The molecule has 0 aromatic heterocycles. The number of ether oxygens (including phenoxy) is 1. The van der Waals surface area contributed by atoms with Crippen molar-refractivity contribution in [1.82, 2.24) is 9.80 Å². The van der Waals surface area contributed by atoms with Gasteiger partial charge in [-0.1, -0.05) is 39.3 Å². The van der Waals surface area contributed by atoms with Crippen LogP contribution in [-0.2, 0) is 19.1 Å². The third-order valence-electron chi connectivity index (χ3n) is 8.06. The van der Waals surface area contributed by atoms with Crippen molar-refractivity contribution >= 4 is 29.5 Å². The Balaban J connectivity index is 2.07. The van der Waals surface area contributed by atoms with Crippen LogP contribution in [0.5, 0.6) is 0 Å². The van der Waals surface area contributed by atoms with E-state index < -0.39 is 33.4 Å². The lowest BCUT2D eigenvalue weighted by Gasteiger charge is -2.40. The van der Waals surface area contributed by atoms with E-state index in [-0.39, 0.29) is 36.9 Å². The summed E-state index contributed by atoms with van der Waals surface area (Å²) in [5.74, 6) is -1.67. The van der Waals surface area contributed by atoms with E-state index in [4.69, 9.17) is 4.74 Å². The van der Waals surface area contributed by atoms with Crippen LogP contribution >= 0.6 is 11.8 Å². The molecule has 3 aliphatic heterocycles. The van der Waals surface area contributed by atoms with E-state index >= 15 is 0 Å². The van der Waals surface area contributed by atoms with E-state index in [0.29, 0.717) is 32.4 Å². The second kappa shape index (κ2) is 11.7. The first-order valence-electron chi connectivity index (χ1n) is 13.4. The summed E-state index contributed by atoms with van der Waals surface area (Å²) < 4.78 is 4.44. The van der Waals surface area contributed by atoms with Gasteiger partial charge in [-0.25, -0.2) is 0 Å². The molecule has 1 spiro atoms. The summed E-state index contributed by atoms with van der Waals surface area (Å²) in [6, 6.07) is -1.20. The van der Waals surface area contributed by atoms with Crippen LogP contribution in [0.15, 0.2) is 25.3 Å². The van der Waals surface area contributed by atoms with Gasteiger partial charge < -0.3 is 19.6 Å². The zero-order chi connectivity index (χ0) is 26.7. The van der Waals surface area contributed by atoms with Gasteiger partial charge in [-0.3, -0.25) is 14.4 Å². The number of aliphatic hydroxyl groups excluding tert-OH is 1. The number of aliphatic hydroxyl groups is 1. The fraction of sp³-hybridized carbons (Fsp3) is 0.750. The Bertz CT molecular complexity index is 863. The number of thioether (sulfide) groups is 1. The van der Waals surface area contributed by atoms with Crippen molar-refractivity contribution in [2.45, 2.75) is 87.8 Å². The van der Waals surface area contributed by atoms with Crippen LogP contribution in [0.2, 0.25) is 0 Å². The molecule has 0 radical (unpaired) electrons. The summed E-state index contributed by atoms with van der Waals surface area (Å²) in [5, 5.41) is 10.4. The summed E-state index contributed by atoms with van der Waals surface area (Å²) in [6.45, 7) is 16.8. The quantitative estimate of drug-likeness (QED) is 0.213. The van der Waals surface area contributed by atoms with E-state index in [2.05, 4.69) is 20.1 Å². The second-order valence-corrected chi connectivity index (χ2v) is 13.0. The highest BCUT2D eigenvalue weighted by Gasteiger charge is 2.78. The maximum atomic E-state index is 14.3. The summed E-state index contributed by atoms with van der Waals surface area (Å²) in [6.07, 6.45) is 7.78. The minimum atomic E-state index is -0.722. The van der Waals surface area contributed by atoms with Gasteiger partial charge in [0.2, 0.25) is 11.8 Å². The van der Waals surface area contributed by atoms with Gasteiger partial charge in [-0.2, -0.15) is 0 Å². The smallest absolute Gasteiger partial charge is 0.311 e. The molecule has 2 bridgehead atoms. The maximum absolute atomic E-state index is 14.3. The van der Waals surface area contributed by atoms with Gasteiger partial charge in [0.1, 0.15) is 6.04 Å². The zero-order valence-corrected chi connectivity index (χ0v) is 23.2. The average Bonchev–Trinajstić information content (AvgIpc) is 3.40. The lowest BCUT2D eigenvalue weighted by molar-refractivity contribution is -0.156. The fourth-order valence-electron chi connectivity index (χ4n) is 6.52. The minimum absolute atomic E-state index is 0.0983. The van der Waals surface area contributed by atoms with Crippen LogP contribution in [0, 0.1) is 17.8 Å². The molecular weight excluding hydrogens is 476 g/mol. The molecule has 6 atom stereocenters. The number of fused-ring (bicyclic) bond motifs is 1. The molecule has 3 heterocycles. The Morgan fingerprint density at radius 2 is 2.03 bits per heavy atom. The van der Waals surface area contributed by atoms with E-state index in [1.165, 1.54) is 0 Å². The Labute approximate surface area is 220 Å². The van der Waals surface area contributed by atoms with Crippen LogP contribution in [0.4, 0.5) is 0 Å². The molecule has 0 aromatic carbocycles. The number of likely N-dealkylation sites (tertiary alicyclic amines) is 1. The third-order valence-corrected chi connectivity index (χ3v) is 10.0. The van der Waals surface area contributed by atoms with Gasteiger partial charge in [-0.05, 0) is 44.9 Å². The van der Waals surface area contributed by atoms with Crippen LogP contribution in [0.3, 0.4) is 0 Å². The van der Waals surface area contributed by atoms with Gasteiger partial charge >= 0.3 is 5.97 Å². The summed E-state index contributed by atoms with van der Waals surface area (Å²) in [7, 11) is 0. The molecule has 3 rings (SSSR count). The molecule has 8 heteroatoms. The molecule has 3 saturated heterocycles. The zero-order valence-electron chi connectivity index (χ0n) is 22.4. The first-order valence-corrected chi connectivity index (χ1v) is 14.2. The fourth-order valence-corrected chi connectivity index (χ4v) is 8.84. The van der Waals surface area contributed by atoms with Gasteiger partial charge in [0.05, 0.1) is 35.8 Å². The SMILES string of the molecule is C=CCCOC(=O)[C@H]1[C@H]2C(=O)N([C@@H](CO)CC(C)C)C(C(=O)N(CC=C)CCCC)C23CC[C@]1(C)S3. The van der Waals surface area contributed by atoms with Gasteiger partial charge in [0, 0.05) is 17.8 Å². The minimum Gasteiger partial charge on any atom is -0.465 e. The van der Waals surface area contributed by atoms with E-state index in [1.54, 1.807) is 33.7 Å². The predicted octanol–water partition coefficient (Wildman–Crippen LogP) is 3.81. The molecule has 1 N–H and O–H groups in total. The highest BCUT2D eigenvalue weighted by atomic mass is 32.2. The van der Waals surface area contributed by atoms with Crippen molar-refractivity contribution in [3.63, 3.8) is 0 Å². The maximum Gasteiger partial charge on any atom is 0.311 e. The lowest BCUT2D eigenvalue weighted by Crippen LogP contribution is -2.57. The third kappa shape index (κ3) is 5.00. The topological polar surface area (TPSA) is 87.1 Å². The largest absolute Gasteiger partial charge is 0.465 e. The van der Waals surface area contributed by atoms with Crippen molar-refractivity contribution < 1.29 is 24.2 Å². The number of amides is 2. The van der Waals surface area contributed by atoms with E-state index in [1.807, 2.05) is 20.8 Å². The first kappa shape index (κ1) is 28.8. The molecule has 2 amide bonds. The molecule has 202 valence electrons. The second-order valence-electron chi connectivity index (χ2n) is 11.1. The van der Waals surface area contributed by atoms with Crippen molar-refractivity contribution in [3.05, 3.63) is 25.3 Å². The van der Waals surface area contributed by atoms with Crippen LogP contribution in [0.25, 0.3) is 0 Å². The summed E-state index contributed by atoms with van der Waals surface area (Å²) in [5.41, 5.74) is 0. The number of esters is 1. The molecule has 3 fully saturated rings. The average molecular weight is 521 g/mol. The highest BCUT2D eigenvalue weighted by Crippen LogP contribution is 2.71. The molecule has 0 aromatic rings. The van der Waals surface area contributed by atoms with Crippen LogP contribution in [0.1, 0.15) is 66.2 Å². The van der Waals surface area contributed by atoms with Gasteiger partial charge in [0.25, 0.3) is 0 Å². The number of carbonyl (C=O) groups excluding carboxylic acids is 3. The highest BCUT2D eigenvalue weighted by molar-refractivity contribution is 8.02. The Kier molecular flexibility index (Phi) is 9.36. The number of hydrogen-bond donors (Lipinski definition) is 1. The Morgan fingerprint density at radius 1 is 1.31 bits per heavy atom. The number of carbonyl (C=O) groups is 3. The molecule has 3 aliphatic rings. The van der Waals surface area contributed by atoms with Crippen molar-refractivity contribution in [1.29, 1.82) is 0 Å². The summed E-state index contributed by atoms with van der Waals surface area (Å²) >= 11 is 1.64. The van der Waals surface area contributed by atoms with E-state index in [9.17, 15) is 19.5 Å². The Morgan fingerprint density at radius 3 is 2.61 bits per heavy atom. The Hall–Kier alpha value is -1.80. The lowest BCUT2D eigenvalue weighted by atomic mass is 9.66. The first-order chi connectivity index (χ1) is 17.1. The standard InChI is InChI=1S/C28H44N2O5S/c1-7-10-15-29(14-9-3)25(33)23-28-13-12-27(6,36-28)22(26(34)35-16-11-8-2)21(28)24(32)30(23)20(18-31)17-19(4)5/h8-9,19-23,31H,2-3,7,10-18H2,1,4-6H3/t20-,21+,22-,23?,27+,28?/m1/s1. The summed E-state index contributed by atoms with van der Waals surface area (Å²) in [4.78, 5) is 45.4. The predicted molar refractivity (Wildman–Crippen MR) is 143 cm³/mol. The number of nitrogens with zero attached hydrogens (tertiary/aromatic N) is 2. The van der Waals surface area contributed by atoms with Crippen LogP contribution in [-0.4, -0.2) is 80.6 Å². The number of hydrogen-bond acceptors (Lipinski definition) is 6. The molecule has 0 saturated carbocycles. The van der Waals surface area contributed by atoms with Crippen LogP contribution < -0.4 is 0 Å². The van der Waals surface area contributed by atoms with Crippen molar-refractivity contribution in [2.24, 2.45) is 17.8 Å². The monoisotopic (exact) mass is 520 g/mol. The van der Waals surface area contributed by atoms with Crippen molar-refractivity contribution in [2.75, 3.05) is 26.3 Å². The van der Waals surface area contributed by atoms with Gasteiger partial charge in [0.15, 0.2) is 0 Å². The number of unbranched alkanes of at least 4 members (excludes halogenated alkanes) is 1. The number of rotatable bonds is 14. The molecule has 2 unspecified atom stereocenters. The van der Waals surface area contributed by atoms with Gasteiger partial charge in [-0.15, -0.1) is 24.9 Å². The van der Waals surface area contributed by atoms with Crippen molar-refractivity contribution in [3.8, 4) is 0 Å². The normalized spacial score (nSPS) is 31.4. The molecular formula is C28H44N2O5S.